The maximum Gasteiger partial charge on any atom is 0.243 e. The molecule has 2 atom stereocenters. The highest BCUT2D eigenvalue weighted by molar-refractivity contribution is 6.30. The van der Waals surface area contributed by atoms with Gasteiger partial charge in [-0.1, -0.05) is 11.6 Å². The third-order valence-corrected chi connectivity index (χ3v) is 3.29. The number of aromatic nitrogens is 3. The molecule has 2 N–H and O–H groups in total. The van der Waals surface area contributed by atoms with E-state index in [4.69, 9.17) is 16.3 Å². The van der Waals surface area contributed by atoms with Crippen molar-refractivity contribution in [2.75, 3.05) is 25.5 Å². The van der Waals surface area contributed by atoms with Crippen LogP contribution in [-0.4, -0.2) is 46.9 Å². The fourth-order valence-electron chi connectivity index (χ4n) is 2.13. The van der Waals surface area contributed by atoms with Gasteiger partial charge in [0.15, 0.2) is 5.65 Å². The van der Waals surface area contributed by atoms with Crippen molar-refractivity contribution >= 4 is 23.2 Å². The summed E-state index contributed by atoms with van der Waals surface area (Å²) < 4.78 is 7.04. The summed E-state index contributed by atoms with van der Waals surface area (Å²) in [6.07, 6.45) is 1.87. The number of anilines is 1. The Balaban J connectivity index is 1.82. The molecule has 2 aromatic heterocycles. The highest BCUT2D eigenvalue weighted by Crippen LogP contribution is 2.14. The molecule has 1 fully saturated rings. The SMILES string of the molecule is CO[C@H]1CNCC1Nc1nc2ccc(Cl)cn2n1. The number of pyridine rings is 1. The Bertz CT molecular complexity index is 557. The molecule has 18 heavy (non-hydrogen) atoms. The summed E-state index contributed by atoms with van der Waals surface area (Å²) in [6.45, 7) is 1.68. The lowest BCUT2D eigenvalue weighted by Crippen LogP contribution is -2.33. The molecule has 1 aliphatic heterocycles. The van der Waals surface area contributed by atoms with Crippen molar-refractivity contribution in [1.82, 2.24) is 19.9 Å². The van der Waals surface area contributed by atoms with Gasteiger partial charge in [0.2, 0.25) is 5.95 Å². The Kier molecular flexibility index (Phi) is 3.07. The number of hydrogen-bond acceptors (Lipinski definition) is 5. The average Bonchev–Trinajstić information content (AvgIpc) is 2.94. The van der Waals surface area contributed by atoms with Crippen molar-refractivity contribution in [1.29, 1.82) is 0 Å². The second-order valence-corrected chi connectivity index (χ2v) is 4.71. The molecule has 1 aliphatic rings. The molecule has 0 aromatic carbocycles. The monoisotopic (exact) mass is 267 g/mol. The average molecular weight is 268 g/mol. The Labute approximate surface area is 109 Å². The molecular weight excluding hydrogens is 254 g/mol. The molecule has 3 rings (SSSR count). The number of halogens is 1. The van der Waals surface area contributed by atoms with Crippen molar-refractivity contribution in [3.63, 3.8) is 0 Å². The molecule has 3 heterocycles. The smallest absolute Gasteiger partial charge is 0.243 e. The minimum absolute atomic E-state index is 0.139. The lowest BCUT2D eigenvalue weighted by atomic mass is 10.2. The van der Waals surface area contributed by atoms with Gasteiger partial charge in [0, 0.05) is 26.4 Å². The molecule has 0 saturated carbocycles. The van der Waals surface area contributed by atoms with Gasteiger partial charge < -0.3 is 15.4 Å². The van der Waals surface area contributed by atoms with Gasteiger partial charge in [0.1, 0.15) is 0 Å². The van der Waals surface area contributed by atoms with E-state index in [2.05, 4.69) is 20.7 Å². The number of nitrogens with one attached hydrogen (secondary N) is 2. The van der Waals surface area contributed by atoms with E-state index in [1.54, 1.807) is 23.9 Å². The summed E-state index contributed by atoms with van der Waals surface area (Å²) in [6, 6.07) is 3.81. The maximum atomic E-state index is 5.90. The van der Waals surface area contributed by atoms with Crippen molar-refractivity contribution in [3.05, 3.63) is 23.4 Å². The quantitative estimate of drug-likeness (QED) is 0.861. The van der Waals surface area contributed by atoms with Crippen LogP contribution in [0.5, 0.6) is 0 Å². The first-order chi connectivity index (χ1) is 8.76. The summed E-state index contributed by atoms with van der Waals surface area (Å²) in [4.78, 5) is 4.38. The van der Waals surface area contributed by atoms with E-state index < -0.39 is 0 Å². The number of nitrogens with zero attached hydrogens (tertiary/aromatic N) is 3. The Morgan fingerprint density at radius 1 is 1.50 bits per heavy atom. The van der Waals surface area contributed by atoms with Crippen LogP contribution in [0.4, 0.5) is 5.95 Å². The van der Waals surface area contributed by atoms with Crippen LogP contribution < -0.4 is 10.6 Å². The summed E-state index contributed by atoms with van der Waals surface area (Å²) in [7, 11) is 1.71. The number of methoxy groups -OCH3 is 1. The molecule has 0 amide bonds. The van der Waals surface area contributed by atoms with E-state index in [1.807, 2.05) is 6.07 Å². The lowest BCUT2D eigenvalue weighted by molar-refractivity contribution is 0.111. The Morgan fingerprint density at radius 3 is 3.22 bits per heavy atom. The van der Waals surface area contributed by atoms with E-state index in [0.29, 0.717) is 11.0 Å². The molecular formula is C11H14ClN5O. The first-order valence-corrected chi connectivity index (χ1v) is 6.16. The van der Waals surface area contributed by atoms with E-state index in [-0.39, 0.29) is 12.1 Å². The molecule has 1 saturated heterocycles. The van der Waals surface area contributed by atoms with E-state index in [1.165, 1.54) is 0 Å². The largest absolute Gasteiger partial charge is 0.378 e. The van der Waals surface area contributed by atoms with Crippen molar-refractivity contribution in [2.24, 2.45) is 0 Å². The first-order valence-electron chi connectivity index (χ1n) is 5.78. The highest BCUT2D eigenvalue weighted by atomic mass is 35.5. The van der Waals surface area contributed by atoms with Gasteiger partial charge in [0.25, 0.3) is 0 Å². The second kappa shape index (κ2) is 4.72. The number of rotatable bonds is 3. The summed E-state index contributed by atoms with van der Waals surface area (Å²) in [5.74, 6) is 0.591. The van der Waals surface area contributed by atoms with Crippen molar-refractivity contribution in [2.45, 2.75) is 12.1 Å². The lowest BCUT2D eigenvalue weighted by Gasteiger charge is -2.16. The molecule has 7 heteroatoms. The fourth-order valence-corrected chi connectivity index (χ4v) is 2.29. The molecule has 96 valence electrons. The standard InChI is InChI=1S/C11H14ClN5O/c1-18-9-5-13-4-8(9)14-11-15-10-3-2-7(12)6-17(10)16-11/h2-3,6,8-9,13H,4-5H2,1H3,(H,14,16)/t8?,9-/m0/s1. The molecule has 2 aromatic rings. The van der Waals surface area contributed by atoms with Crippen LogP contribution >= 0.6 is 11.6 Å². The topological polar surface area (TPSA) is 63.5 Å². The zero-order valence-electron chi connectivity index (χ0n) is 9.93. The van der Waals surface area contributed by atoms with Gasteiger partial charge in [-0.2, -0.15) is 4.98 Å². The van der Waals surface area contributed by atoms with Gasteiger partial charge in [0.05, 0.1) is 17.2 Å². The number of fused-ring (bicyclic) bond motifs is 1. The maximum absolute atomic E-state index is 5.90. The van der Waals surface area contributed by atoms with Crippen LogP contribution in [0.3, 0.4) is 0 Å². The Morgan fingerprint density at radius 2 is 2.39 bits per heavy atom. The summed E-state index contributed by atoms with van der Waals surface area (Å²) in [5, 5.41) is 11.5. The molecule has 6 nitrogen and oxygen atoms in total. The summed E-state index contributed by atoms with van der Waals surface area (Å²) >= 11 is 5.90. The highest BCUT2D eigenvalue weighted by Gasteiger charge is 2.27. The van der Waals surface area contributed by atoms with Gasteiger partial charge in [-0.15, -0.1) is 5.10 Å². The van der Waals surface area contributed by atoms with E-state index in [0.717, 1.165) is 18.7 Å². The molecule has 0 bridgehead atoms. The third-order valence-electron chi connectivity index (χ3n) is 3.07. The van der Waals surface area contributed by atoms with E-state index >= 15 is 0 Å². The predicted molar refractivity (Wildman–Crippen MR) is 69.1 cm³/mol. The van der Waals surface area contributed by atoms with Gasteiger partial charge >= 0.3 is 0 Å². The van der Waals surface area contributed by atoms with E-state index in [9.17, 15) is 0 Å². The van der Waals surface area contributed by atoms with Crippen LogP contribution in [0.25, 0.3) is 5.65 Å². The zero-order valence-corrected chi connectivity index (χ0v) is 10.7. The molecule has 0 spiro atoms. The zero-order chi connectivity index (χ0) is 12.5. The van der Waals surface area contributed by atoms with Crippen LogP contribution in [0.1, 0.15) is 0 Å². The molecule has 0 radical (unpaired) electrons. The minimum Gasteiger partial charge on any atom is -0.378 e. The van der Waals surface area contributed by atoms with Crippen LogP contribution in [0.15, 0.2) is 18.3 Å². The van der Waals surface area contributed by atoms with Crippen molar-refractivity contribution < 1.29 is 4.74 Å². The van der Waals surface area contributed by atoms with Crippen LogP contribution in [0.2, 0.25) is 5.02 Å². The minimum atomic E-state index is 0.139. The van der Waals surface area contributed by atoms with Crippen molar-refractivity contribution in [3.8, 4) is 0 Å². The number of ether oxygens (including phenoxy) is 1. The van der Waals surface area contributed by atoms with Gasteiger partial charge in [-0.3, -0.25) is 0 Å². The number of hydrogen-bond donors (Lipinski definition) is 2. The van der Waals surface area contributed by atoms with Crippen LogP contribution in [-0.2, 0) is 4.74 Å². The van der Waals surface area contributed by atoms with Crippen LogP contribution in [0, 0.1) is 0 Å². The van der Waals surface area contributed by atoms with Gasteiger partial charge in [-0.05, 0) is 12.1 Å². The normalized spacial score (nSPS) is 23.7. The molecule has 0 aliphatic carbocycles. The summed E-state index contributed by atoms with van der Waals surface area (Å²) in [5.41, 5.74) is 0.766. The molecule has 1 unspecified atom stereocenters. The van der Waals surface area contributed by atoms with Gasteiger partial charge in [-0.25, -0.2) is 4.52 Å². The fraction of sp³-hybridized carbons (Fsp3) is 0.455. The predicted octanol–water partition coefficient (Wildman–Crippen LogP) is 0.781. The first kappa shape index (κ1) is 11.7. The second-order valence-electron chi connectivity index (χ2n) is 4.27. The Hall–Kier alpha value is -1.37. The third kappa shape index (κ3) is 2.14.